The van der Waals surface area contributed by atoms with Gasteiger partial charge in [0.15, 0.2) is 0 Å². The first-order valence-electron chi connectivity index (χ1n) is 7.89. The Hall–Kier alpha value is -3.39. The lowest BCUT2D eigenvalue weighted by Crippen LogP contribution is -2.39. The largest absolute Gasteiger partial charge is 0.573 e. The summed E-state index contributed by atoms with van der Waals surface area (Å²) >= 11 is 0. The lowest BCUT2D eigenvalue weighted by Gasteiger charge is -2.25. The number of nitro benzene ring substituents is 1. The minimum absolute atomic E-state index is 0.171. The van der Waals surface area contributed by atoms with Crippen LogP contribution in [0.1, 0.15) is 0 Å². The minimum atomic E-state index is -4.87. The molecular formula is C16H15F3N4O6S. The van der Waals surface area contributed by atoms with E-state index in [4.69, 9.17) is 5.14 Å². The highest BCUT2D eigenvalue weighted by atomic mass is 32.2. The maximum atomic E-state index is 12.7. The molecule has 0 spiro atoms. The highest BCUT2D eigenvalue weighted by Crippen LogP contribution is 2.31. The van der Waals surface area contributed by atoms with E-state index in [1.54, 1.807) is 0 Å². The van der Waals surface area contributed by atoms with Crippen LogP contribution in [-0.4, -0.2) is 39.8 Å². The summed E-state index contributed by atoms with van der Waals surface area (Å²) in [6, 6.07) is 6.35. The Morgan fingerprint density at radius 1 is 1.10 bits per heavy atom. The van der Waals surface area contributed by atoms with E-state index in [0.717, 1.165) is 40.1 Å². The van der Waals surface area contributed by atoms with Crippen molar-refractivity contribution in [3.63, 3.8) is 0 Å². The number of alkyl halides is 3. The number of benzene rings is 2. The number of nitrogens with zero attached hydrogens (tertiary/aromatic N) is 3. The van der Waals surface area contributed by atoms with Gasteiger partial charge in [-0.15, -0.1) is 13.2 Å². The van der Waals surface area contributed by atoms with Gasteiger partial charge < -0.3 is 4.74 Å². The van der Waals surface area contributed by atoms with Crippen LogP contribution in [0.5, 0.6) is 5.75 Å². The average Bonchev–Trinajstić information content (AvgIpc) is 2.64. The van der Waals surface area contributed by atoms with Crippen LogP contribution in [0.3, 0.4) is 0 Å². The third-order valence-electron chi connectivity index (χ3n) is 3.86. The molecule has 0 fully saturated rings. The number of hydrogen-bond donors (Lipinski definition) is 1. The topological polar surface area (TPSA) is 136 Å². The zero-order chi connectivity index (χ0) is 22.9. The van der Waals surface area contributed by atoms with Gasteiger partial charge in [0, 0.05) is 25.8 Å². The van der Waals surface area contributed by atoms with Crippen molar-refractivity contribution in [1.82, 2.24) is 0 Å². The van der Waals surface area contributed by atoms with Gasteiger partial charge in [-0.1, -0.05) is 0 Å². The summed E-state index contributed by atoms with van der Waals surface area (Å²) in [6.45, 7) is 0. The molecule has 0 unspecified atom stereocenters. The number of sulfonamides is 1. The number of amides is 2. The lowest BCUT2D eigenvalue weighted by atomic mass is 10.2. The van der Waals surface area contributed by atoms with Crippen LogP contribution in [0.4, 0.5) is 35.0 Å². The van der Waals surface area contributed by atoms with Crippen LogP contribution in [0.15, 0.2) is 47.4 Å². The molecule has 2 N–H and O–H groups in total. The van der Waals surface area contributed by atoms with Crippen molar-refractivity contribution in [1.29, 1.82) is 0 Å². The van der Waals surface area contributed by atoms with Crippen LogP contribution in [0, 0.1) is 10.1 Å². The van der Waals surface area contributed by atoms with Gasteiger partial charge >= 0.3 is 12.4 Å². The number of anilines is 2. The number of urea groups is 1. The van der Waals surface area contributed by atoms with Gasteiger partial charge in [0.1, 0.15) is 11.4 Å². The predicted molar refractivity (Wildman–Crippen MR) is 99.8 cm³/mol. The zero-order valence-corrected chi connectivity index (χ0v) is 16.3. The quantitative estimate of drug-likeness (QED) is 0.552. The first kappa shape index (κ1) is 22.9. The van der Waals surface area contributed by atoms with Crippen molar-refractivity contribution in [2.24, 2.45) is 5.14 Å². The summed E-state index contributed by atoms with van der Waals surface area (Å²) in [7, 11) is -1.71. The van der Waals surface area contributed by atoms with Crippen LogP contribution in [0.25, 0.3) is 0 Å². The minimum Gasteiger partial charge on any atom is -0.406 e. The van der Waals surface area contributed by atoms with E-state index in [2.05, 4.69) is 4.74 Å². The summed E-state index contributed by atoms with van der Waals surface area (Å²) in [5, 5.41) is 16.3. The van der Waals surface area contributed by atoms with Crippen LogP contribution < -0.4 is 19.7 Å². The van der Waals surface area contributed by atoms with Crippen molar-refractivity contribution in [3.8, 4) is 5.75 Å². The fourth-order valence-corrected chi connectivity index (χ4v) is 2.95. The molecule has 0 saturated heterocycles. The van der Waals surface area contributed by atoms with Crippen molar-refractivity contribution < 1.29 is 36.0 Å². The van der Waals surface area contributed by atoms with E-state index < -0.39 is 43.7 Å². The summed E-state index contributed by atoms with van der Waals surface area (Å²) in [5.74, 6) is -0.491. The van der Waals surface area contributed by atoms with Gasteiger partial charge in [0.25, 0.3) is 5.69 Å². The summed E-state index contributed by atoms with van der Waals surface area (Å²) < 4.78 is 63.3. The average molecular weight is 448 g/mol. The molecule has 2 aromatic rings. The van der Waals surface area contributed by atoms with Crippen molar-refractivity contribution in [2.45, 2.75) is 11.3 Å². The molecule has 162 valence electrons. The second kappa shape index (κ2) is 8.16. The molecule has 0 heterocycles. The molecule has 0 aliphatic rings. The number of nitro groups is 1. The Morgan fingerprint density at radius 3 is 2.13 bits per heavy atom. The fraction of sp³-hybridized carbons (Fsp3) is 0.188. The molecule has 0 radical (unpaired) electrons. The molecule has 2 amide bonds. The molecule has 14 heteroatoms. The SMILES string of the molecule is CN(C(=O)N(C)c1ccc(S(N)(=O)=O)cc1[N+](=O)[O-])c1ccc(OC(F)(F)F)cc1. The first-order chi connectivity index (χ1) is 13.7. The number of primary sulfonamides is 1. The molecule has 2 rings (SSSR count). The van der Waals surface area contributed by atoms with Gasteiger partial charge in [0.05, 0.1) is 9.82 Å². The van der Waals surface area contributed by atoms with Gasteiger partial charge in [-0.25, -0.2) is 18.4 Å². The second-order valence-electron chi connectivity index (χ2n) is 5.89. The number of halogens is 3. The second-order valence-corrected chi connectivity index (χ2v) is 7.46. The van der Waals surface area contributed by atoms with E-state index in [0.29, 0.717) is 0 Å². The number of hydrogen-bond acceptors (Lipinski definition) is 6. The maximum absolute atomic E-state index is 12.7. The van der Waals surface area contributed by atoms with E-state index >= 15 is 0 Å². The predicted octanol–water partition coefficient (Wildman–Crippen LogP) is 2.83. The highest BCUT2D eigenvalue weighted by Gasteiger charge is 2.31. The molecule has 30 heavy (non-hydrogen) atoms. The normalized spacial score (nSPS) is 11.7. The Labute approximate surface area is 168 Å². The molecule has 0 aromatic heterocycles. The Kier molecular flexibility index (Phi) is 6.22. The van der Waals surface area contributed by atoms with Gasteiger partial charge in [-0.05, 0) is 36.4 Å². The van der Waals surface area contributed by atoms with Crippen molar-refractivity contribution >= 4 is 33.1 Å². The molecular weight excluding hydrogens is 433 g/mol. The Balaban J connectivity index is 2.31. The van der Waals surface area contributed by atoms with Crippen LogP contribution in [-0.2, 0) is 10.0 Å². The van der Waals surface area contributed by atoms with Gasteiger partial charge in [0.2, 0.25) is 10.0 Å². The summed E-state index contributed by atoms with van der Waals surface area (Å²) in [5.41, 5.74) is -0.730. The van der Waals surface area contributed by atoms with E-state index in [-0.39, 0.29) is 11.4 Å². The van der Waals surface area contributed by atoms with E-state index in [1.165, 1.54) is 26.2 Å². The Bertz CT molecular complexity index is 1070. The zero-order valence-electron chi connectivity index (χ0n) is 15.5. The monoisotopic (exact) mass is 448 g/mol. The maximum Gasteiger partial charge on any atom is 0.573 e. The number of rotatable bonds is 5. The summed E-state index contributed by atoms with van der Waals surface area (Å²) in [4.78, 5) is 24.5. The Morgan fingerprint density at radius 2 is 1.67 bits per heavy atom. The standard InChI is InChI=1S/C16H15F3N4O6S/c1-21(10-3-5-11(6-4-10)29-16(17,18)19)15(24)22(2)13-8-7-12(30(20,27)28)9-14(13)23(25)26/h3-9H,1-2H3,(H2,20,27,28). The molecule has 0 bridgehead atoms. The van der Waals surface area contributed by atoms with Crippen molar-refractivity contribution in [3.05, 3.63) is 52.6 Å². The third-order valence-corrected chi connectivity index (χ3v) is 4.78. The number of carbonyl (C=O) groups is 1. The molecule has 0 atom stereocenters. The number of ether oxygens (including phenoxy) is 1. The number of nitrogens with two attached hydrogens (primary N) is 1. The van der Waals surface area contributed by atoms with Crippen LogP contribution >= 0.6 is 0 Å². The first-order valence-corrected chi connectivity index (χ1v) is 9.44. The van der Waals surface area contributed by atoms with Gasteiger partial charge in [-0.2, -0.15) is 0 Å². The highest BCUT2D eigenvalue weighted by molar-refractivity contribution is 7.89. The van der Waals surface area contributed by atoms with Gasteiger partial charge in [-0.3, -0.25) is 19.9 Å². The molecule has 0 aliphatic carbocycles. The molecule has 10 nitrogen and oxygen atoms in total. The fourth-order valence-electron chi connectivity index (χ4n) is 2.42. The van der Waals surface area contributed by atoms with E-state index in [1.807, 2.05) is 0 Å². The van der Waals surface area contributed by atoms with E-state index in [9.17, 15) is 36.5 Å². The molecule has 0 saturated carbocycles. The van der Waals surface area contributed by atoms with Crippen LogP contribution in [0.2, 0.25) is 0 Å². The van der Waals surface area contributed by atoms with Crippen molar-refractivity contribution in [2.75, 3.05) is 23.9 Å². The third kappa shape index (κ3) is 5.36. The molecule has 2 aromatic carbocycles. The molecule has 0 aliphatic heterocycles. The summed E-state index contributed by atoms with van der Waals surface area (Å²) in [6.07, 6.45) is -4.87. The number of carbonyl (C=O) groups excluding carboxylic acids is 1. The lowest BCUT2D eigenvalue weighted by molar-refractivity contribution is -0.384. The smallest absolute Gasteiger partial charge is 0.406 e.